The second-order valence-electron chi connectivity index (χ2n) is 4.96. The molecule has 0 aromatic heterocycles. The van der Waals surface area contributed by atoms with Crippen LogP contribution < -0.4 is 10.2 Å². The second kappa shape index (κ2) is 7.99. The van der Waals surface area contributed by atoms with Crippen LogP contribution in [-0.2, 0) is 4.79 Å². The van der Waals surface area contributed by atoms with Crippen LogP contribution in [0.15, 0.2) is 47.6 Å². The molecule has 1 atom stereocenters. The predicted octanol–water partition coefficient (Wildman–Crippen LogP) is 4.22. The summed E-state index contributed by atoms with van der Waals surface area (Å²) in [5.74, 6) is 0.267. The molecule has 0 spiro atoms. The molecule has 2 rings (SSSR count). The highest BCUT2D eigenvalue weighted by molar-refractivity contribution is 6.30. The minimum Gasteiger partial charge on any atom is -0.481 e. The van der Waals surface area contributed by atoms with Crippen molar-refractivity contribution in [3.05, 3.63) is 63.6 Å². The highest BCUT2D eigenvalue weighted by Crippen LogP contribution is 2.22. The van der Waals surface area contributed by atoms with Crippen molar-refractivity contribution in [1.29, 1.82) is 0 Å². The number of halogens is 2. The number of nitrogens with one attached hydrogen (secondary N) is 1. The van der Waals surface area contributed by atoms with Gasteiger partial charge in [0, 0.05) is 10.0 Å². The Labute approximate surface area is 145 Å². The summed E-state index contributed by atoms with van der Waals surface area (Å²) in [7, 11) is 0. The van der Waals surface area contributed by atoms with Gasteiger partial charge in [0.15, 0.2) is 6.10 Å². The molecule has 23 heavy (non-hydrogen) atoms. The average molecular weight is 351 g/mol. The molecule has 0 radical (unpaired) electrons. The Balaban J connectivity index is 1.90. The molecule has 1 amide bonds. The first-order valence-electron chi connectivity index (χ1n) is 6.97. The Bertz CT molecular complexity index is 715. The zero-order valence-electron chi connectivity index (χ0n) is 12.7. The van der Waals surface area contributed by atoms with Crippen LogP contribution in [0.2, 0.25) is 10.0 Å². The molecule has 1 N–H and O–H groups in total. The van der Waals surface area contributed by atoms with Gasteiger partial charge in [-0.1, -0.05) is 35.3 Å². The van der Waals surface area contributed by atoms with Crippen molar-refractivity contribution in [1.82, 2.24) is 5.43 Å². The quantitative estimate of drug-likeness (QED) is 0.648. The smallest absolute Gasteiger partial charge is 0.280 e. The number of aryl methyl sites for hydroxylation is 1. The van der Waals surface area contributed by atoms with Crippen LogP contribution in [0.4, 0.5) is 0 Å². The van der Waals surface area contributed by atoms with Gasteiger partial charge in [0.25, 0.3) is 5.91 Å². The summed E-state index contributed by atoms with van der Waals surface area (Å²) in [4.78, 5) is 12.0. The van der Waals surface area contributed by atoms with Crippen LogP contribution in [0.1, 0.15) is 18.1 Å². The van der Waals surface area contributed by atoms with Gasteiger partial charge in [0.2, 0.25) is 0 Å². The van der Waals surface area contributed by atoms with Crippen LogP contribution in [0.25, 0.3) is 0 Å². The van der Waals surface area contributed by atoms with Gasteiger partial charge < -0.3 is 4.74 Å². The highest BCUT2D eigenvalue weighted by Gasteiger charge is 2.15. The van der Waals surface area contributed by atoms with E-state index in [1.807, 2.05) is 6.92 Å². The van der Waals surface area contributed by atoms with Crippen molar-refractivity contribution in [3.8, 4) is 5.75 Å². The summed E-state index contributed by atoms with van der Waals surface area (Å²) in [6, 6.07) is 12.3. The Kier molecular flexibility index (Phi) is 6.02. The summed E-state index contributed by atoms with van der Waals surface area (Å²) in [6.45, 7) is 3.52. The maximum absolute atomic E-state index is 12.0. The van der Waals surface area contributed by atoms with Crippen LogP contribution in [0.5, 0.6) is 5.75 Å². The van der Waals surface area contributed by atoms with Crippen LogP contribution in [0, 0.1) is 6.92 Å². The lowest BCUT2D eigenvalue weighted by Gasteiger charge is -2.14. The van der Waals surface area contributed by atoms with Crippen molar-refractivity contribution in [3.63, 3.8) is 0 Å². The molecular formula is C17H16Cl2N2O2. The average Bonchev–Trinajstić information content (AvgIpc) is 2.51. The molecule has 0 aliphatic heterocycles. The van der Waals surface area contributed by atoms with E-state index >= 15 is 0 Å². The van der Waals surface area contributed by atoms with Crippen molar-refractivity contribution >= 4 is 35.3 Å². The van der Waals surface area contributed by atoms with Crippen LogP contribution in [-0.4, -0.2) is 18.2 Å². The number of nitrogens with zero attached hydrogens (tertiary/aromatic N) is 1. The Morgan fingerprint density at radius 1 is 1.17 bits per heavy atom. The molecule has 0 aliphatic rings. The van der Waals surface area contributed by atoms with Crippen molar-refractivity contribution in [2.45, 2.75) is 20.0 Å². The Hall–Kier alpha value is -2.04. The molecule has 0 saturated heterocycles. The van der Waals surface area contributed by atoms with Crippen molar-refractivity contribution in [2.75, 3.05) is 0 Å². The standard InChI is InChI=1S/C17H16Cl2N2O2/c1-11-9-15(19)7-8-16(11)23-12(2)17(22)21-20-10-13-3-5-14(18)6-4-13/h3-10,12H,1-2H3,(H,21,22)/b20-10+. The zero-order valence-corrected chi connectivity index (χ0v) is 14.2. The number of hydrogen-bond donors (Lipinski definition) is 1. The third kappa shape index (κ3) is 5.27. The fourth-order valence-corrected chi connectivity index (χ4v) is 2.15. The topological polar surface area (TPSA) is 50.7 Å². The van der Waals surface area contributed by atoms with Crippen LogP contribution >= 0.6 is 23.2 Å². The first kappa shape index (κ1) is 17.3. The van der Waals surface area contributed by atoms with Gasteiger partial charge in [-0.15, -0.1) is 0 Å². The molecule has 2 aromatic carbocycles. The van der Waals surface area contributed by atoms with E-state index in [0.29, 0.717) is 15.8 Å². The van der Waals surface area contributed by atoms with Crippen molar-refractivity contribution < 1.29 is 9.53 Å². The summed E-state index contributed by atoms with van der Waals surface area (Å²) in [6.07, 6.45) is 0.853. The van der Waals surface area contributed by atoms with E-state index in [-0.39, 0.29) is 5.91 Å². The monoisotopic (exact) mass is 350 g/mol. The summed E-state index contributed by atoms with van der Waals surface area (Å²) >= 11 is 11.7. The molecule has 2 aromatic rings. The Morgan fingerprint density at radius 2 is 1.83 bits per heavy atom. The minimum atomic E-state index is -0.683. The minimum absolute atomic E-state index is 0.343. The normalized spacial score (nSPS) is 12.2. The third-order valence-electron chi connectivity index (χ3n) is 3.07. The maximum atomic E-state index is 12.0. The molecule has 4 nitrogen and oxygen atoms in total. The van der Waals surface area contributed by atoms with Gasteiger partial charge in [0.1, 0.15) is 5.75 Å². The number of ether oxygens (including phenoxy) is 1. The predicted molar refractivity (Wildman–Crippen MR) is 93.5 cm³/mol. The first-order valence-corrected chi connectivity index (χ1v) is 7.72. The summed E-state index contributed by atoms with van der Waals surface area (Å²) < 4.78 is 5.62. The fraction of sp³-hybridized carbons (Fsp3) is 0.176. The molecule has 0 fully saturated rings. The fourth-order valence-electron chi connectivity index (χ4n) is 1.80. The van der Waals surface area contributed by atoms with E-state index in [2.05, 4.69) is 10.5 Å². The SMILES string of the molecule is Cc1cc(Cl)ccc1OC(C)C(=O)N/N=C/c1ccc(Cl)cc1. The van der Waals surface area contributed by atoms with E-state index in [9.17, 15) is 4.79 Å². The van der Waals surface area contributed by atoms with E-state index in [4.69, 9.17) is 27.9 Å². The van der Waals surface area contributed by atoms with E-state index in [0.717, 1.165) is 11.1 Å². The van der Waals surface area contributed by atoms with E-state index in [1.54, 1.807) is 49.4 Å². The summed E-state index contributed by atoms with van der Waals surface area (Å²) in [5.41, 5.74) is 4.14. The number of carbonyl (C=O) groups excluding carboxylic acids is 1. The number of carbonyl (C=O) groups is 1. The molecule has 0 heterocycles. The van der Waals surface area contributed by atoms with Crippen LogP contribution in [0.3, 0.4) is 0 Å². The molecule has 1 unspecified atom stereocenters. The van der Waals surface area contributed by atoms with Gasteiger partial charge in [-0.3, -0.25) is 4.79 Å². The summed E-state index contributed by atoms with van der Waals surface area (Å²) in [5, 5.41) is 5.17. The zero-order chi connectivity index (χ0) is 16.8. The molecule has 0 bridgehead atoms. The number of rotatable bonds is 5. The second-order valence-corrected chi connectivity index (χ2v) is 5.83. The van der Waals surface area contributed by atoms with Gasteiger partial charge in [-0.05, 0) is 55.3 Å². The van der Waals surface area contributed by atoms with Crippen molar-refractivity contribution in [2.24, 2.45) is 5.10 Å². The van der Waals surface area contributed by atoms with E-state index in [1.165, 1.54) is 6.21 Å². The Morgan fingerprint density at radius 3 is 2.48 bits per heavy atom. The number of hydrogen-bond acceptors (Lipinski definition) is 3. The van der Waals surface area contributed by atoms with E-state index < -0.39 is 6.10 Å². The first-order chi connectivity index (χ1) is 11.0. The molecule has 6 heteroatoms. The number of hydrazone groups is 1. The third-order valence-corrected chi connectivity index (χ3v) is 3.56. The lowest BCUT2D eigenvalue weighted by Crippen LogP contribution is -2.33. The van der Waals surface area contributed by atoms with Gasteiger partial charge in [-0.25, -0.2) is 5.43 Å². The lowest BCUT2D eigenvalue weighted by molar-refractivity contribution is -0.127. The molecule has 120 valence electrons. The molecule has 0 aliphatic carbocycles. The highest BCUT2D eigenvalue weighted by atomic mass is 35.5. The molecular weight excluding hydrogens is 335 g/mol. The van der Waals surface area contributed by atoms with Gasteiger partial charge in [0.05, 0.1) is 6.21 Å². The molecule has 0 saturated carbocycles. The largest absolute Gasteiger partial charge is 0.481 e. The number of benzene rings is 2. The maximum Gasteiger partial charge on any atom is 0.280 e. The lowest BCUT2D eigenvalue weighted by atomic mass is 10.2. The van der Waals surface area contributed by atoms with Gasteiger partial charge >= 0.3 is 0 Å². The number of amides is 1. The van der Waals surface area contributed by atoms with Gasteiger partial charge in [-0.2, -0.15) is 5.10 Å².